The smallest absolute Gasteiger partial charge is 0.287 e. The van der Waals surface area contributed by atoms with Gasteiger partial charge >= 0.3 is 0 Å². The minimum Gasteiger partial charge on any atom is -0.363 e. The predicted molar refractivity (Wildman–Crippen MR) is 55.2 cm³/mol. The van der Waals surface area contributed by atoms with Crippen molar-refractivity contribution in [1.29, 1.82) is 0 Å². The summed E-state index contributed by atoms with van der Waals surface area (Å²) in [5.74, 6) is -0.536. The number of hydrogen-bond donors (Lipinski definition) is 1. The number of benzene rings is 1. The maximum absolute atomic E-state index is 10.8. The molecule has 0 fully saturated rings. The van der Waals surface area contributed by atoms with E-state index < -0.39 is 5.91 Å². The van der Waals surface area contributed by atoms with Gasteiger partial charge in [-0.25, -0.2) is 0 Å². The van der Waals surface area contributed by atoms with E-state index >= 15 is 0 Å². The maximum atomic E-state index is 10.8. The van der Waals surface area contributed by atoms with Gasteiger partial charge in [0.2, 0.25) is 5.76 Å². The van der Waals surface area contributed by atoms with Crippen molar-refractivity contribution in [1.82, 2.24) is 5.16 Å². The minimum atomic E-state index is -0.610. The summed E-state index contributed by atoms with van der Waals surface area (Å²) in [5, 5.41) is 3.76. The second-order valence-corrected chi connectivity index (χ2v) is 3.31. The van der Waals surface area contributed by atoms with Crippen LogP contribution in [0.4, 0.5) is 0 Å². The van der Waals surface area contributed by atoms with Crippen LogP contribution in [0.5, 0.6) is 0 Å². The summed E-state index contributed by atoms with van der Waals surface area (Å²) >= 11 is 0. The van der Waals surface area contributed by atoms with Gasteiger partial charge in [-0.15, -0.1) is 0 Å². The molecular weight excluding hydrogens is 192 g/mol. The molecule has 0 aliphatic rings. The van der Waals surface area contributed by atoms with Crippen LogP contribution >= 0.6 is 0 Å². The van der Waals surface area contributed by atoms with E-state index in [9.17, 15) is 4.79 Å². The molecule has 15 heavy (non-hydrogen) atoms. The zero-order valence-corrected chi connectivity index (χ0v) is 8.23. The standard InChI is InChI=1S/C11H10N2O2/c1-7-2-4-8(5-3-7)9-6-10(11(12)14)15-13-9/h2-6H,1H3,(H2,12,14). The average molecular weight is 202 g/mol. The van der Waals surface area contributed by atoms with E-state index in [-0.39, 0.29) is 5.76 Å². The number of aryl methyl sites for hydroxylation is 1. The molecule has 76 valence electrons. The number of nitrogens with zero attached hydrogens (tertiary/aromatic N) is 1. The molecule has 2 rings (SSSR count). The molecule has 0 unspecified atom stereocenters. The molecule has 2 aromatic rings. The Bertz CT molecular complexity index is 486. The van der Waals surface area contributed by atoms with Crippen LogP contribution in [-0.2, 0) is 0 Å². The highest BCUT2D eigenvalue weighted by Crippen LogP contribution is 2.19. The number of carbonyl (C=O) groups excluding carboxylic acids is 1. The van der Waals surface area contributed by atoms with Gasteiger partial charge in [0, 0.05) is 11.6 Å². The van der Waals surface area contributed by atoms with Gasteiger partial charge in [-0.05, 0) is 6.92 Å². The van der Waals surface area contributed by atoms with E-state index in [0.717, 1.165) is 11.1 Å². The van der Waals surface area contributed by atoms with Crippen molar-refractivity contribution in [3.63, 3.8) is 0 Å². The van der Waals surface area contributed by atoms with Crippen molar-refractivity contribution in [3.05, 3.63) is 41.7 Å². The van der Waals surface area contributed by atoms with Crippen molar-refractivity contribution < 1.29 is 9.32 Å². The minimum absolute atomic E-state index is 0.0746. The van der Waals surface area contributed by atoms with Crippen LogP contribution in [0, 0.1) is 6.92 Å². The second kappa shape index (κ2) is 3.57. The summed E-state index contributed by atoms with van der Waals surface area (Å²) in [7, 11) is 0. The molecule has 0 spiro atoms. The van der Waals surface area contributed by atoms with Crippen LogP contribution in [0.1, 0.15) is 16.1 Å². The Morgan fingerprint density at radius 1 is 1.33 bits per heavy atom. The van der Waals surface area contributed by atoms with E-state index in [1.807, 2.05) is 31.2 Å². The molecule has 1 aromatic carbocycles. The number of carbonyl (C=O) groups is 1. The molecule has 0 atom stereocenters. The first kappa shape index (κ1) is 9.45. The molecular formula is C11H10N2O2. The first-order chi connectivity index (χ1) is 7.16. The maximum Gasteiger partial charge on any atom is 0.287 e. The lowest BCUT2D eigenvalue weighted by atomic mass is 10.1. The highest BCUT2D eigenvalue weighted by molar-refractivity contribution is 5.90. The van der Waals surface area contributed by atoms with E-state index in [4.69, 9.17) is 10.3 Å². The van der Waals surface area contributed by atoms with Gasteiger partial charge in [0.15, 0.2) is 0 Å². The molecule has 2 N–H and O–H groups in total. The van der Waals surface area contributed by atoms with Gasteiger partial charge < -0.3 is 10.3 Å². The molecule has 1 aromatic heterocycles. The summed E-state index contributed by atoms with van der Waals surface area (Å²) in [5.41, 5.74) is 7.74. The zero-order valence-electron chi connectivity index (χ0n) is 8.23. The van der Waals surface area contributed by atoms with Gasteiger partial charge in [0.1, 0.15) is 5.69 Å². The van der Waals surface area contributed by atoms with E-state index in [2.05, 4.69) is 5.16 Å². The molecule has 0 saturated carbocycles. The number of primary amides is 1. The third kappa shape index (κ3) is 1.88. The molecule has 0 bridgehead atoms. The normalized spacial score (nSPS) is 10.2. The number of rotatable bonds is 2. The fraction of sp³-hybridized carbons (Fsp3) is 0.0909. The van der Waals surface area contributed by atoms with Gasteiger partial charge in [0.05, 0.1) is 0 Å². The quantitative estimate of drug-likeness (QED) is 0.806. The first-order valence-electron chi connectivity index (χ1n) is 4.50. The van der Waals surface area contributed by atoms with Crippen LogP contribution < -0.4 is 5.73 Å². The number of hydrogen-bond acceptors (Lipinski definition) is 3. The Morgan fingerprint density at radius 3 is 2.53 bits per heavy atom. The van der Waals surface area contributed by atoms with Crippen LogP contribution in [0.3, 0.4) is 0 Å². The van der Waals surface area contributed by atoms with Crippen LogP contribution in [0.25, 0.3) is 11.3 Å². The SMILES string of the molecule is Cc1ccc(-c2cc(C(N)=O)on2)cc1. The zero-order chi connectivity index (χ0) is 10.8. The molecule has 4 nitrogen and oxygen atoms in total. The van der Waals surface area contributed by atoms with Crippen molar-refractivity contribution in [3.8, 4) is 11.3 Å². The first-order valence-corrected chi connectivity index (χ1v) is 4.50. The second-order valence-electron chi connectivity index (χ2n) is 3.31. The summed E-state index contributed by atoms with van der Waals surface area (Å²) < 4.78 is 4.79. The molecule has 0 aliphatic carbocycles. The Morgan fingerprint density at radius 2 is 2.00 bits per heavy atom. The van der Waals surface area contributed by atoms with Crippen LogP contribution in [0.15, 0.2) is 34.9 Å². The van der Waals surface area contributed by atoms with Crippen LogP contribution in [-0.4, -0.2) is 11.1 Å². The van der Waals surface area contributed by atoms with Gasteiger partial charge in [-0.3, -0.25) is 4.79 Å². The van der Waals surface area contributed by atoms with Crippen molar-refractivity contribution in [2.45, 2.75) is 6.92 Å². The third-order valence-corrected chi connectivity index (χ3v) is 2.10. The van der Waals surface area contributed by atoms with Crippen molar-refractivity contribution >= 4 is 5.91 Å². The van der Waals surface area contributed by atoms with Crippen molar-refractivity contribution in [2.24, 2.45) is 5.73 Å². The summed E-state index contributed by atoms with van der Waals surface area (Å²) in [6.45, 7) is 2.00. The van der Waals surface area contributed by atoms with Gasteiger partial charge in [-0.1, -0.05) is 35.0 Å². The Kier molecular flexibility index (Phi) is 2.25. The molecule has 0 radical (unpaired) electrons. The molecule has 0 saturated heterocycles. The summed E-state index contributed by atoms with van der Waals surface area (Å²) in [6, 6.07) is 9.30. The van der Waals surface area contributed by atoms with Crippen LogP contribution in [0.2, 0.25) is 0 Å². The topological polar surface area (TPSA) is 69.1 Å². The van der Waals surface area contributed by atoms with Gasteiger partial charge in [0.25, 0.3) is 5.91 Å². The lowest BCUT2D eigenvalue weighted by molar-refractivity contribution is 0.0965. The highest BCUT2D eigenvalue weighted by Gasteiger charge is 2.09. The molecule has 1 amide bonds. The van der Waals surface area contributed by atoms with Gasteiger partial charge in [-0.2, -0.15) is 0 Å². The Hall–Kier alpha value is -2.10. The largest absolute Gasteiger partial charge is 0.363 e. The summed E-state index contributed by atoms with van der Waals surface area (Å²) in [6.07, 6.45) is 0. The van der Waals surface area contributed by atoms with Crippen molar-refractivity contribution in [2.75, 3.05) is 0 Å². The highest BCUT2D eigenvalue weighted by atomic mass is 16.5. The number of nitrogens with two attached hydrogens (primary N) is 1. The Labute approximate surface area is 86.7 Å². The Balaban J connectivity index is 2.37. The number of aromatic nitrogens is 1. The molecule has 1 heterocycles. The fourth-order valence-corrected chi connectivity index (χ4v) is 1.25. The predicted octanol–water partition coefficient (Wildman–Crippen LogP) is 1.75. The molecule has 0 aliphatic heterocycles. The van der Waals surface area contributed by atoms with E-state index in [1.54, 1.807) is 0 Å². The monoisotopic (exact) mass is 202 g/mol. The van der Waals surface area contributed by atoms with E-state index in [1.165, 1.54) is 6.07 Å². The number of amides is 1. The third-order valence-electron chi connectivity index (χ3n) is 2.10. The fourth-order valence-electron chi connectivity index (χ4n) is 1.25. The average Bonchev–Trinajstić information content (AvgIpc) is 2.68. The van der Waals surface area contributed by atoms with E-state index in [0.29, 0.717) is 5.69 Å². The summed E-state index contributed by atoms with van der Waals surface area (Å²) in [4.78, 5) is 10.8. The molecule has 4 heteroatoms. The lowest BCUT2D eigenvalue weighted by Crippen LogP contribution is -2.09. The lowest BCUT2D eigenvalue weighted by Gasteiger charge is -1.95.